The minimum atomic E-state index is -0.584. The van der Waals surface area contributed by atoms with Gasteiger partial charge in [-0.05, 0) is 93.5 Å². The molecule has 6 rings (SSSR count). The second-order valence-electron chi connectivity index (χ2n) is 13.3. The van der Waals surface area contributed by atoms with Crippen LogP contribution in [-0.2, 0) is 20.9 Å². The number of carbonyl (C=O) groups excluding carboxylic acids is 4. The number of ether oxygens (including phenoxy) is 1. The number of nitrogens with zero attached hydrogens (tertiary/aromatic N) is 3. The lowest BCUT2D eigenvalue weighted by molar-refractivity contribution is -0.136. The maximum Gasteiger partial charge on any atom is 0.410 e. The fraction of sp³-hybridized carbons (Fsp3) is 0.613. The largest absolute Gasteiger partial charge is 0.444 e. The van der Waals surface area contributed by atoms with Crippen molar-refractivity contribution in [3.8, 4) is 0 Å². The van der Waals surface area contributed by atoms with E-state index in [1.807, 2.05) is 37.8 Å². The summed E-state index contributed by atoms with van der Waals surface area (Å²) in [5.41, 5.74) is 3.98. The van der Waals surface area contributed by atoms with Crippen molar-refractivity contribution in [3.63, 3.8) is 0 Å². The maximum atomic E-state index is 13.0. The van der Waals surface area contributed by atoms with Gasteiger partial charge in [0.05, 0.1) is 0 Å². The van der Waals surface area contributed by atoms with Crippen molar-refractivity contribution in [1.82, 2.24) is 20.0 Å². The topological polar surface area (TPSA) is 99.3 Å². The molecule has 1 N–H and O–H groups in total. The molecular formula is C31H40N4O5. The molecule has 2 saturated heterocycles. The number of fused-ring (bicyclic) bond motifs is 1. The molecule has 1 atom stereocenters. The van der Waals surface area contributed by atoms with E-state index in [9.17, 15) is 19.2 Å². The second kappa shape index (κ2) is 10.0. The molecule has 1 aliphatic carbocycles. The number of hydrogen-bond donors (Lipinski definition) is 1. The van der Waals surface area contributed by atoms with Crippen molar-refractivity contribution in [2.24, 2.45) is 5.41 Å². The summed E-state index contributed by atoms with van der Waals surface area (Å²) in [6.45, 7) is 9.66. The molecule has 9 heteroatoms. The molecule has 1 unspecified atom stereocenters. The summed E-state index contributed by atoms with van der Waals surface area (Å²) in [6, 6.07) is 6.05. The van der Waals surface area contributed by atoms with E-state index >= 15 is 0 Å². The third-order valence-electron chi connectivity index (χ3n) is 9.46. The van der Waals surface area contributed by atoms with E-state index in [1.54, 1.807) is 4.90 Å². The third kappa shape index (κ3) is 5.16. The molecule has 3 fully saturated rings. The van der Waals surface area contributed by atoms with Gasteiger partial charge in [-0.1, -0.05) is 12.1 Å². The van der Waals surface area contributed by atoms with E-state index in [4.69, 9.17) is 4.74 Å². The Kier molecular flexibility index (Phi) is 6.76. The molecule has 0 bridgehead atoms. The first kappa shape index (κ1) is 27.0. The Labute approximate surface area is 235 Å². The van der Waals surface area contributed by atoms with Crippen LogP contribution in [0.4, 0.5) is 4.79 Å². The minimum absolute atomic E-state index is 0.129. The molecule has 1 spiro atoms. The number of hydrogen-bond acceptors (Lipinski definition) is 6. The average Bonchev–Trinajstić information content (AvgIpc) is 3.22. The number of nitrogens with one attached hydrogen (secondary N) is 1. The summed E-state index contributed by atoms with van der Waals surface area (Å²) in [5, 5.41) is 2.37. The fourth-order valence-electron chi connectivity index (χ4n) is 7.15. The Morgan fingerprint density at radius 1 is 1.05 bits per heavy atom. The van der Waals surface area contributed by atoms with Crippen LogP contribution in [0.25, 0.3) is 5.57 Å². The summed E-state index contributed by atoms with van der Waals surface area (Å²) in [7, 11) is 0. The van der Waals surface area contributed by atoms with Gasteiger partial charge in [-0.25, -0.2) is 4.79 Å². The standard InChI is InChI=1S/C31H40N4O5/c1-30(2,3)40-29(39)34-14-10-31(11-15-34)17-23(18-31)33-12-8-20(9-13-33)21-4-5-24-22(16-21)19-35(28(24)38)25-6-7-26(36)32-27(25)37/h4-5,8,16,23,25H,6-7,9-15,17-19H2,1-3H3,(H,32,36,37). The molecule has 4 aliphatic heterocycles. The van der Waals surface area contributed by atoms with Gasteiger partial charge in [0.15, 0.2) is 0 Å². The van der Waals surface area contributed by atoms with Crippen molar-refractivity contribution in [3.05, 3.63) is 41.0 Å². The molecule has 9 nitrogen and oxygen atoms in total. The number of likely N-dealkylation sites (tertiary alicyclic amines) is 1. The second-order valence-corrected chi connectivity index (χ2v) is 13.3. The van der Waals surface area contributed by atoms with Crippen LogP contribution < -0.4 is 5.32 Å². The first-order valence-electron chi connectivity index (χ1n) is 14.7. The number of carbonyl (C=O) groups is 4. The lowest BCUT2D eigenvalue weighted by Crippen LogP contribution is -2.56. The van der Waals surface area contributed by atoms with Gasteiger partial charge in [-0.15, -0.1) is 0 Å². The fourth-order valence-corrected chi connectivity index (χ4v) is 7.15. The van der Waals surface area contributed by atoms with E-state index in [0.717, 1.165) is 56.6 Å². The molecule has 0 aromatic heterocycles. The van der Waals surface area contributed by atoms with Crippen LogP contribution in [0.3, 0.4) is 0 Å². The van der Waals surface area contributed by atoms with Gasteiger partial charge >= 0.3 is 6.09 Å². The molecule has 214 valence electrons. The Bertz CT molecular complexity index is 1260. The van der Waals surface area contributed by atoms with Crippen molar-refractivity contribution in [1.29, 1.82) is 0 Å². The normalized spacial score (nSPS) is 25.4. The number of imide groups is 1. The van der Waals surface area contributed by atoms with Crippen molar-refractivity contribution in [2.75, 3.05) is 26.2 Å². The molecular weight excluding hydrogens is 508 g/mol. The van der Waals surface area contributed by atoms with Crippen molar-refractivity contribution in [2.45, 2.75) is 89.9 Å². The Balaban J connectivity index is 1.02. The highest BCUT2D eigenvalue weighted by Crippen LogP contribution is 2.51. The van der Waals surface area contributed by atoms with Crippen LogP contribution in [0.1, 0.15) is 87.2 Å². The van der Waals surface area contributed by atoms with Crippen LogP contribution in [0.5, 0.6) is 0 Å². The van der Waals surface area contributed by atoms with E-state index in [1.165, 1.54) is 18.4 Å². The third-order valence-corrected chi connectivity index (χ3v) is 9.46. The predicted octanol–water partition coefficient (Wildman–Crippen LogP) is 3.72. The molecule has 5 aliphatic rings. The monoisotopic (exact) mass is 548 g/mol. The SMILES string of the molecule is CC(C)(C)OC(=O)N1CCC2(CC1)CC(N1CC=C(c3ccc4c(c3)CN(C3CCC(=O)NC3=O)C4=O)CC1)C2. The summed E-state index contributed by atoms with van der Waals surface area (Å²) in [6.07, 6.45) is 8.27. The zero-order valence-electron chi connectivity index (χ0n) is 23.8. The number of piperidine rings is 2. The van der Waals surface area contributed by atoms with Crippen molar-refractivity contribution >= 4 is 29.4 Å². The quantitative estimate of drug-likeness (QED) is 0.578. The first-order chi connectivity index (χ1) is 19.0. The number of rotatable bonds is 3. The predicted molar refractivity (Wildman–Crippen MR) is 149 cm³/mol. The minimum Gasteiger partial charge on any atom is -0.444 e. The molecule has 40 heavy (non-hydrogen) atoms. The van der Waals surface area contributed by atoms with Gasteiger partial charge in [-0.3, -0.25) is 24.6 Å². The smallest absolute Gasteiger partial charge is 0.410 e. The highest BCUT2D eigenvalue weighted by molar-refractivity contribution is 6.05. The van der Waals surface area contributed by atoms with E-state index < -0.39 is 11.6 Å². The van der Waals surface area contributed by atoms with E-state index in [0.29, 0.717) is 30.0 Å². The van der Waals surface area contributed by atoms with Crippen LogP contribution in [0, 0.1) is 5.41 Å². The highest BCUT2D eigenvalue weighted by atomic mass is 16.6. The maximum absolute atomic E-state index is 13.0. The molecule has 1 saturated carbocycles. The molecule has 4 heterocycles. The Morgan fingerprint density at radius 3 is 2.45 bits per heavy atom. The van der Waals surface area contributed by atoms with Crippen LogP contribution >= 0.6 is 0 Å². The van der Waals surface area contributed by atoms with Gasteiger partial charge in [-0.2, -0.15) is 0 Å². The lowest BCUT2D eigenvalue weighted by atomic mass is 9.60. The van der Waals surface area contributed by atoms with Crippen LogP contribution in [0.15, 0.2) is 24.3 Å². The van der Waals surface area contributed by atoms with Crippen LogP contribution in [-0.4, -0.2) is 82.4 Å². The Hall–Kier alpha value is -3.20. The van der Waals surface area contributed by atoms with Gasteiger partial charge in [0, 0.05) is 50.7 Å². The zero-order chi connectivity index (χ0) is 28.2. The van der Waals surface area contributed by atoms with Gasteiger partial charge in [0.25, 0.3) is 5.91 Å². The summed E-state index contributed by atoms with van der Waals surface area (Å²) in [4.78, 5) is 55.4. The summed E-state index contributed by atoms with van der Waals surface area (Å²) in [5.74, 6) is -0.776. The van der Waals surface area contributed by atoms with E-state index in [-0.39, 0.29) is 30.2 Å². The average molecular weight is 549 g/mol. The zero-order valence-corrected chi connectivity index (χ0v) is 23.8. The Morgan fingerprint density at radius 2 is 1.80 bits per heavy atom. The molecule has 0 radical (unpaired) electrons. The number of benzene rings is 1. The van der Waals surface area contributed by atoms with Gasteiger partial charge in [0.1, 0.15) is 11.6 Å². The van der Waals surface area contributed by atoms with Gasteiger partial charge < -0.3 is 14.5 Å². The highest BCUT2D eigenvalue weighted by Gasteiger charge is 2.48. The summed E-state index contributed by atoms with van der Waals surface area (Å²) >= 11 is 0. The molecule has 4 amide bonds. The van der Waals surface area contributed by atoms with Crippen LogP contribution in [0.2, 0.25) is 0 Å². The van der Waals surface area contributed by atoms with E-state index in [2.05, 4.69) is 22.4 Å². The van der Waals surface area contributed by atoms with Crippen molar-refractivity contribution < 1.29 is 23.9 Å². The number of amides is 4. The molecule has 1 aromatic carbocycles. The lowest BCUT2D eigenvalue weighted by Gasteiger charge is -2.55. The summed E-state index contributed by atoms with van der Waals surface area (Å²) < 4.78 is 5.56. The first-order valence-corrected chi connectivity index (χ1v) is 14.7. The van der Waals surface area contributed by atoms with Gasteiger partial charge in [0.2, 0.25) is 11.8 Å². The molecule has 1 aromatic rings.